The van der Waals surface area contributed by atoms with Crippen LogP contribution in [0.2, 0.25) is 0 Å². The summed E-state index contributed by atoms with van der Waals surface area (Å²) in [6.45, 7) is 7.39. The molecule has 1 aliphatic heterocycles. The first-order valence-corrected chi connectivity index (χ1v) is 17.8. The van der Waals surface area contributed by atoms with Gasteiger partial charge in [0.1, 0.15) is 6.61 Å². The number of halogens is 1. The second-order valence-corrected chi connectivity index (χ2v) is 13.2. The molecule has 0 unspecified atom stereocenters. The number of carbonyl (C=O) groups excluding carboxylic acids is 1. The van der Waals surface area contributed by atoms with E-state index in [4.69, 9.17) is 23.7 Å². The van der Waals surface area contributed by atoms with Gasteiger partial charge in [-0.1, -0.05) is 53.8 Å². The number of methoxy groups -OCH3 is 1. The molecule has 49 heavy (non-hydrogen) atoms. The Hall–Kier alpha value is -4.62. The van der Waals surface area contributed by atoms with Gasteiger partial charge < -0.3 is 23.7 Å². The molecule has 0 radical (unpaired) electrons. The Morgan fingerprint density at radius 1 is 0.878 bits per heavy atom. The van der Waals surface area contributed by atoms with Crippen LogP contribution in [0.15, 0.2) is 94.4 Å². The third kappa shape index (κ3) is 7.23. The van der Waals surface area contributed by atoms with Crippen LogP contribution < -0.4 is 33.8 Å². The summed E-state index contributed by atoms with van der Waals surface area (Å²) in [5.74, 6) is 1.74. The van der Waals surface area contributed by atoms with Crippen LogP contribution in [-0.4, -0.2) is 37.5 Å². The standard InChI is InChI=1S/C38H35IN2O7S/c1-5-45-30-15-14-27(20-31(30)46-6-2)34-28(37(43)44-4)21-40-38-41(34)36(42)33(49-38)19-24-17-29(39)35(32(18-24)47-7-3)48-22-23-12-13-25-10-8-9-11-26(25)16-23/h8-21,34H,5-7,22H2,1-4H3/b33-19-/t34-/m0/s1. The average Bonchev–Trinajstić information content (AvgIpc) is 3.42. The van der Waals surface area contributed by atoms with Crippen LogP contribution >= 0.6 is 33.9 Å². The predicted molar refractivity (Wildman–Crippen MR) is 199 cm³/mol. The van der Waals surface area contributed by atoms with Crippen LogP contribution in [0.5, 0.6) is 23.0 Å². The number of aromatic nitrogens is 1. The number of thiazole rings is 1. The van der Waals surface area contributed by atoms with Crippen molar-refractivity contribution in [2.75, 3.05) is 26.9 Å². The first-order valence-electron chi connectivity index (χ1n) is 15.9. The van der Waals surface area contributed by atoms with E-state index in [9.17, 15) is 9.59 Å². The van der Waals surface area contributed by atoms with E-state index < -0.39 is 12.0 Å². The highest BCUT2D eigenvalue weighted by Crippen LogP contribution is 2.37. The van der Waals surface area contributed by atoms with Gasteiger partial charge in [-0.3, -0.25) is 9.36 Å². The summed E-state index contributed by atoms with van der Waals surface area (Å²) in [5, 5.41) is 2.33. The van der Waals surface area contributed by atoms with Crippen LogP contribution in [0.3, 0.4) is 0 Å². The summed E-state index contributed by atoms with van der Waals surface area (Å²) in [7, 11) is 1.31. The summed E-state index contributed by atoms with van der Waals surface area (Å²) >= 11 is 3.48. The number of ether oxygens (including phenoxy) is 5. The van der Waals surface area contributed by atoms with E-state index >= 15 is 0 Å². The Morgan fingerprint density at radius 2 is 1.61 bits per heavy atom. The first-order chi connectivity index (χ1) is 23.8. The number of benzene rings is 4. The maximum atomic E-state index is 14.1. The van der Waals surface area contributed by atoms with Gasteiger partial charge >= 0.3 is 5.97 Å². The predicted octanol–water partition coefficient (Wildman–Crippen LogP) is 6.55. The normalized spacial score (nSPS) is 14.1. The zero-order chi connectivity index (χ0) is 34.5. The fourth-order valence-corrected chi connectivity index (χ4v) is 7.45. The Kier molecular flexibility index (Phi) is 10.7. The lowest BCUT2D eigenvalue weighted by Gasteiger charge is -2.23. The van der Waals surface area contributed by atoms with Gasteiger partial charge in [-0.2, -0.15) is 0 Å². The number of nitrogens with zero attached hydrogens (tertiary/aromatic N) is 2. The second-order valence-electron chi connectivity index (χ2n) is 11.0. The van der Waals surface area contributed by atoms with Gasteiger partial charge in [0, 0.05) is 6.20 Å². The molecule has 0 fully saturated rings. The monoisotopic (exact) mass is 790 g/mol. The highest BCUT2D eigenvalue weighted by Gasteiger charge is 2.31. The molecule has 0 saturated carbocycles. The Labute approximate surface area is 301 Å². The van der Waals surface area contributed by atoms with E-state index in [0.717, 1.165) is 20.1 Å². The molecule has 1 aromatic heterocycles. The summed E-state index contributed by atoms with van der Waals surface area (Å²) in [4.78, 5) is 32.1. The van der Waals surface area contributed by atoms with Crippen molar-refractivity contribution in [3.63, 3.8) is 0 Å². The van der Waals surface area contributed by atoms with Crippen molar-refractivity contribution in [3.8, 4) is 23.0 Å². The molecule has 1 aliphatic rings. The largest absolute Gasteiger partial charge is 0.490 e. The van der Waals surface area contributed by atoms with Crippen molar-refractivity contribution in [1.82, 2.24) is 4.57 Å². The average molecular weight is 791 g/mol. The quantitative estimate of drug-likeness (QED) is 0.105. The maximum Gasteiger partial charge on any atom is 0.337 e. The van der Waals surface area contributed by atoms with Gasteiger partial charge in [0.25, 0.3) is 5.56 Å². The van der Waals surface area contributed by atoms with Crippen LogP contribution in [0.25, 0.3) is 16.8 Å². The Bertz CT molecular complexity index is 2240. The Morgan fingerprint density at radius 3 is 2.37 bits per heavy atom. The van der Waals surface area contributed by atoms with Gasteiger partial charge in [0.2, 0.25) is 0 Å². The molecule has 0 N–H and O–H groups in total. The van der Waals surface area contributed by atoms with Crippen molar-refractivity contribution in [1.29, 1.82) is 0 Å². The number of rotatable bonds is 12. The fraction of sp³-hybridized carbons (Fsp3) is 0.237. The Balaban J connectivity index is 1.38. The number of fused-ring (bicyclic) bond motifs is 2. The van der Waals surface area contributed by atoms with Gasteiger partial charge in [-0.05, 0) is 107 Å². The van der Waals surface area contributed by atoms with Crippen molar-refractivity contribution >= 4 is 56.7 Å². The van der Waals surface area contributed by atoms with E-state index in [1.54, 1.807) is 12.1 Å². The summed E-state index contributed by atoms with van der Waals surface area (Å²) in [6.07, 6.45) is 3.28. The van der Waals surface area contributed by atoms with E-state index in [1.807, 2.05) is 57.2 Å². The van der Waals surface area contributed by atoms with Crippen molar-refractivity contribution in [2.24, 2.45) is 4.99 Å². The molecular weight excluding hydrogens is 755 g/mol. The van der Waals surface area contributed by atoms with Crippen LogP contribution in [0, 0.1) is 3.57 Å². The number of hydrogen-bond donors (Lipinski definition) is 0. The third-order valence-electron chi connectivity index (χ3n) is 7.83. The molecule has 11 heteroatoms. The van der Waals surface area contributed by atoms with Gasteiger partial charge in [0.15, 0.2) is 27.8 Å². The molecular formula is C38H35IN2O7S. The topological polar surface area (TPSA) is 97.6 Å². The minimum absolute atomic E-state index is 0.231. The third-order valence-corrected chi connectivity index (χ3v) is 9.63. The second kappa shape index (κ2) is 15.3. The van der Waals surface area contributed by atoms with Crippen LogP contribution in [0.4, 0.5) is 0 Å². The highest BCUT2D eigenvalue weighted by atomic mass is 127. The fourth-order valence-electron chi connectivity index (χ4n) is 5.70. The minimum Gasteiger partial charge on any atom is -0.490 e. The van der Waals surface area contributed by atoms with Crippen LogP contribution in [0.1, 0.15) is 43.5 Å². The summed E-state index contributed by atoms with van der Waals surface area (Å²) < 4.78 is 31.9. The molecule has 0 saturated heterocycles. The van der Waals surface area contributed by atoms with Crippen molar-refractivity contribution < 1.29 is 28.5 Å². The van der Waals surface area contributed by atoms with Crippen LogP contribution in [-0.2, 0) is 16.1 Å². The smallest absolute Gasteiger partial charge is 0.337 e. The van der Waals surface area contributed by atoms with Crippen molar-refractivity contribution in [2.45, 2.75) is 33.4 Å². The number of esters is 1. The molecule has 0 aliphatic carbocycles. The number of carbonyl (C=O) groups is 1. The first kappa shape index (κ1) is 34.3. The molecule has 252 valence electrons. The molecule has 6 rings (SSSR count). The lowest BCUT2D eigenvalue weighted by Crippen LogP contribution is -2.39. The van der Waals surface area contributed by atoms with Crippen molar-refractivity contribution in [3.05, 3.63) is 125 Å². The van der Waals surface area contributed by atoms with E-state index in [0.29, 0.717) is 64.3 Å². The number of hydrogen-bond acceptors (Lipinski definition) is 9. The van der Waals surface area contributed by atoms with Gasteiger partial charge in [-0.25, -0.2) is 9.79 Å². The molecule has 0 spiro atoms. The maximum absolute atomic E-state index is 14.1. The molecule has 5 aromatic rings. The lowest BCUT2D eigenvalue weighted by molar-refractivity contribution is -0.136. The molecule has 1 atom stereocenters. The van der Waals surface area contributed by atoms with E-state index in [1.165, 1.54) is 34.6 Å². The minimum atomic E-state index is -0.786. The molecule has 9 nitrogen and oxygen atoms in total. The van der Waals surface area contributed by atoms with Gasteiger partial charge in [0.05, 0.1) is 46.6 Å². The van der Waals surface area contributed by atoms with E-state index in [-0.39, 0.29) is 11.1 Å². The molecule has 4 aromatic carbocycles. The zero-order valence-electron chi connectivity index (χ0n) is 27.5. The highest BCUT2D eigenvalue weighted by molar-refractivity contribution is 14.1. The molecule has 0 amide bonds. The molecule has 2 heterocycles. The zero-order valence-corrected chi connectivity index (χ0v) is 30.5. The lowest BCUT2D eigenvalue weighted by atomic mass is 9.97. The van der Waals surface area contributed by atoms with E-state index in [2.05, 4.69) is 57.9 Å². The SMILES string of the molecule is CCOc1ccc([C@H]2C(C(=O)OC)=CN=c3s/c(=C\c4cc(I)c(OCc5ccc6ccccc6c5)c(OCC)c4)c(=O)n32)cc1OCC. The van der Waals surface area contributed by atoms with Gasteiger partial charge in [-0.15, -0.1) is 0 Å². The summed E-state index contributed by atoms with van der Waals surface area (Å²) in [6, 6.07) is 22.9. The summed E-state index contributed by atoms with van der Waals surface area (Å²) in [5.41, 5.74) is 2.41. The molecule has 0 bridgehead atoms.